The van der Waals surface area contributed by atoms with Crippen molar-refractivity contribution < 1.29 is 0 Å². The molecule has 19 heavy (non-hydrogen) atoms. The number of benzene rings is 1. The first kappa shape index (κ1) is 11.7. The quantitative estimate of drug-likeness (QED) is 0.681. The van der Waals surface area contributed by atoms with Crippen LogP contribution in [-0.4, -0.2) is 14.6 Å². The number of aryl methyl sites for hydroxylation is 1. The molecule has 0 amide bonds. The van der Waals surface area contributed by atoms with Crippen molar-refractivity contribution in [3.63, 3.8) is 0 Å². The van der Waals surface area contributed by atoms with Crippen LogP contribution in [0.2, 0.25) is 5.02 Å². The summed E-state index contributed by atoms with van der Waals surface area (Å²) in [5, 5.41) is 17.9. The molecule has 4 nitrogen and oxygen atoms in total. The fourth-order valence-corrected chi connectivity index (χ4v) is 2.31. The molecule has 0 aliphatic heterocycles. The van der Waals surface area contributed by atoms with Gasteiger partial charge in [-0.15, -0.1) is 10.2 Å². The van der Waals surface area contributed by atoms with Gasteiger partial charge in [-0.2, -0.15) is 5.26 Å². The molecule has 0 atom stereocenters. The predicted octanol–water partition coefficient (Wildman–Crippen LogP) is 3.23. The van der Waals surface area contributed by atoms with E-state index in [1.54, 1.807) is 22.7 Å². The third-order valence-electron chi connectivity index (χ3n) is 2.83. The van der Waals surface area contributed by atoms with Gasteiger partial charge in [0.05, 0.1) is 5.56 Å². The minimum Gasteiger partial charge on any atom is -0.281 e. The second-order valence-corrected chi connectivity index (χ2v) is 4.74. The summed E-state index contributed by atoms with van der Waals surface area (Å²) < 4.78 is 1.80. The summed E-state index contributed by atoms with van der Waals surface area (Å²) in [5.74, 6) is 0.678. The number of nitriles is 1. The van der Waals surface area contributed by atoms with Gasteiger partial charge in [0.2, 0.25) is 0 Å². The molecule has 0 saturated carbocycles. The van der Waals surface area contributed by atoms with Crippen molar-refractivity contribution >= 4 is 17.2 Å². The normalized spacial score (nSPS) is 10.6. The van der Waals surface area contributed by atoms with Crippen LogP contribution in [0.3, 0.4) is 0 Å². The van der Waals surface area contributed by atoms with Crippen LogP contribution >= 0.6 is 11.6 Å². The number of pyridine rings is 1. The first-order valence-electron chi connectivity index (χ1n) is 5.70. The molecule has 1 aromatic carbocycles. The lowest BCUT2D eigenvalue weighted by molar-refractivity contribution is 1.11. The zero-order valence-electron chi connectivity index (χ0n) is 10.1. The van der Waals surface area contributed by atoms with Crippen molar-refractivity contribution in [3.8, 4) is 17.5 Å². The molecule has 0 N–H and O–H groups in total. The van der Waals surface area contributed by atoms with E-state index < -0.39 is 0 Å². The first-order valence-corrected chi connectivity index (χ1v) is 6.07. The highest BCUT2D eigenvalue weighted by atomic mass is 35.5. The van der Waals surface area contributed by atoms with Gasteiger partial charge >= 0.3 is 0 Å². The number of hydrogen-bond acceptors (Lipinski definition) is 3. The van der Waals surface area contributed by atoms with E-state index in [4.69, 9.17) is 16.9 Å². The minimum absolute atomic E-state index is 0.562. The van der Waals surface area contributed by atoms with Crippen LogP contribution in [0.1, 0.15) is 11.1 Å². The summed E-state index contributed by atoms with van der Waals surface area (Å²) >= 11 is 6.07. The van der Waals surface area contributed by atoms with Gasteiger partial charge in [0.25, 0.3) is 0 Å². The fourth-order valence-electron chi connectivity index (χ4n) is 2.02. The second kappa shape index (κ2) is 4.38. The van der Waals surface area contributed by atoms with Gasteiger partial charge in [-0.1, -0.05) is 11.6 Å². The Morgan fingerprint density at radius 3 is 2.79 bits per heavy atom. The molecule has 92 valence electrons. The highest BCUT2D eigenvalue weighted by Gasteiger charge is 2.09. The molecule has 0 unspecified atom stereocenters. The van der Waals surface area contributed by atoms with Crippen LogP contribution in [-0.2, 0) is 0 Å². The van der Waals surface area contributed by atoms with E-state index in [2.05, 4.69) is 16.3 Å². The molecular formula is C14H9ClN4. The highest BCUT2D eigenvalue weighted by Crippen LogP contribution is 2.24. The molecule has 0 spiro atoms. The molecule has 0 fully saturated rings. The Labute approximate surface area is 114 Å². The van der Waals surface area contributed by atoms with Crippen LogP contribution in [0.5, 0.6) is 0 Å². The van der Waals surface area contributed by atoms with Gasteiger partial charge in [0, 0.05) is 16.8 Å². The Morgan fingerprint density at radius 2 is 2.05 bits per heavy atom. The van der Waals surface area contributed by atoms with E-state index in [1.165, 1.54) is 0 Å². The average Bonchev–Trinajstić information content (AvgIpc) is 2.80. The molecular weight excluding hydrogens is 260 g/mol. The Bertz CT molecular complexity index is 794. The van der Waals surface area contributed by atoms with Gasteiger partial charge < -0.3 is 0 Å². The number of hydrogen-bond donors (Lipinski definition) is 0. The van der Waals surface area contributed by atoms with E-state index >= 15 is 0 Å². The second-order valence-electron chi connectivity index (χ2n) is 4.30. The Hall–Kier alpha value is -2.38. The van der Waals surface area contributed by atoms with Crippen LogP contribution in [0.25, 0.3) is 17.0 Å². The Morgan fingerprint density at radius 1 is 1.21 bits per heavy atom. The van der Waals surface area contributed by atoms with Crippen molar-refractivity contribution in [2.45, 2.75) is 6.92 Å². The summed E-state index contributed by atoms with van der Waals surface area (Å²) in [6.45, 7) is 1.97. The molecule has 3 rings (SSSR count). The van der Waals surface area contributed by atoms with Crippen molar-refractivity contribution in [2.75, 3.05) is 0 Å². The van der Waals surface area contributed by atoms with Crippen molar-refractivity contribution in [3.05, 3.63) is 52.7 Å². The Kier molecular flexibility index (Phi) is 2.69. The van der Waals surface area contributed by atoms with Crippen LogP contribution < -0.4 is 0 Å². The maximum atomic E-state index is 8.96. The van der Waals surface area contributed by atoms with Gasteiger partial charge in [0.1, 0.15) is 6.07 Å². The molecule has 0 saturated heterocycles. The van der Waals surface area contributed by atoms with Crippen molar-refractivity contribution in [1.82, 2.24) is 14.6 Å². The zero-order chi connectivity index (χ0) is 13.4. The summed E-state index contributed by atoms with van der Waals surface area (Å²) in [6.07, 6.45) is 1.72. The monoisotopic (exact) mass is 268 g/mol. The standard InChI is InChI=1S/C14H9ClN4/c1-9-4-11(6-12(15)5-9)14-18-17-13-3-2-10(7-16)8-19(13)14/h2-6,8H,1H3. The molecule has 0 radical (unpaired) electrons. The van der Waals surface area contributed by atoms with Crippen molar-refractivity contribution in [1.29, 1.82) is 5.26 Å². The molecule has 3 aromatic rings. The number of rotatable bonds is 1. The maximum absolute atomic E-state index is 8.96. The lowest BCUT2D eigenvalue weighted by Gasteiger charge is -2.03. The largest absolute Gasteiger partial charge is 0.281 e. The van der Waals surface area contributed by atoms with Crippen molar-refractivity contribution in [2.24, 2.45) is 0 Å². The lowest BCUT2D eigenvalue weighted by atomic mass is 10.1. The van der Waals surface area contributed by atoms with E-state index in [9.17, 15) is 0 Å². The maximum Gasteiger partial charge on any atom is 0.168 e. The highest BCUT2D eigenvalue weighted by molar-refractivity contribution is 6.30. The van der Waals surface area contributed by atoms with E-state index in [0.29, 0.717) is 22.1 Å². The van der Waals surface area contributed by atoms with Gasteiger partial charge in [-0.05, 0) is 42.8 Å². The predicted molar refractivity (Wildman–Crippen MR) is 72.9 cm³/mol. The molecule has 2 aromatic heterocycles. The molecule has 2 heterocycles. The smallest absolute Gasteiger partial charge is 0.168 e. The molecule has 0 bridgehead atoms. The number of fused-ring (bicyclic) bond motifs is 1. The summed E-state index contributed by atoms with van der Waals surface area (Å²) in [6, 6.07) is 11.3. The van der Waals surface area contributed by atoms with Gasteiger partial charge in [-0.25, -0.2) is 0 Å². The molecule has 5 heteroatoms. The van der Waals surface area contributed by atoms with Gasteiger partial charge in [0.15, 0.2) is 11.5 Å². The van der Waals surface area contributed by atoms with Gasteiger partial charge in [-0.3, -0.25) is 4.40 Å². The van der Waals surface area contributed by atoms with E-state index in [1.807, 2.05) is 25.1 Å². The van der Waals surface area contributed by atoms with Crippen LogP contribution in [0.15, 0.2) is 36.5 Å². The Balaban J connectivity index is 2.27. The van der Waals surface area contributed by atoms with E-state index in [0.717, 1.165) is 11.1 Å². The minimum atomic E-state index is 0.562. The number of nitrogens with zero attached hydrogens (tertiary/aromatic N) is 4. The fraction of sp³-hybridized carbons (Fsp3) is 0.0714. The van der Waals surface area contributed by atoms with Crippen LogP contribution in [0, 0.1) is 18.3 Å². The molecule has 0 aliphatic rings. The molecule has 0 aliphatic carbocycles. The summed E-state index contributed by atoms with van der Waals surface area (Å²) in [7, 11) is 0. The average molecular weight is 269 g/mol. The van der Waals surface area contributed by atoms with Crippen LogP contribution in [0.4, 0.5) is 0 Å². The summed E-state index contributed by atoms with van der Waals surface area (Å²) in [5.41, 5.74) is 3.20. The third-order valence-corrected chi connectivity index (χ3v) is 3.05. The van der Waals surface area contributed by atoms with E-state index in [-0.39, 0.29) is 0 Å². The third kappa shape index (κ3) is 2.05. The number of aromatic nitrogens is 3. The summed E-state index contributed by atoms with van der Waals surface area (Å²) in [4.78, 5) is 0. The number of halogens is 1. The topological polar surface area (TPSA) is 54.0 Å². The zero-order valence-corrected chi connectivity index (χ0v) is 10.9. The lowest BCUT2D eigenvalue weighted by Crippen LogP contribution is -1.91. The SMILES string of the molecule is Cc1cc(Cl)cc(-c2nnc3ccc(C#N)cn23)c1. The first-order chi connectivity index (χ1) is 9.17.